The minimum atomic E-state index is -0.273. The van der Waals surface area contributed by atoms with Crippen molar-refractivity contribution < 1.29 is 9.47 Å². The monoisotopic (exact) mass is 849 g/mol. The van der Waals surface area contributed by atoms with E-state index in [1.54, 1.807) is 12.4 Å². The molecule has 1 aliphatic carbocycles. The molecule has 0 spiro atoms. The van der Waals surface area contributed by atoms with Gasteiger partial charge in [0.15, 0.2) is 41.2 Å². The zero-order chi connectivity index (χ0) is 43.8. The second kappa shape index (κ2) is 16.7. The first kappa shape index (κ1) is 38.8. The molecule has 0 amide bonds. The van der Waals surface area contributed by atoms with E-state index in [1.165, 1.54) is 0 Å². The van der Waals surface area contributed by atoms with E-state index < -0.39 is 0 Å². The number of fused-ring (bicyclic) bond motifs is 3. The molecule has 7 nitrogen and oxygen atoms in total. The number of pyridine rings is 2. The van der Waals surface area contributed by atoms with Crippen molar-refractivity contribution in [2.75, 3.05) is 0 Å². The number of aromatic nitrogens is 5. The van der Waals surface area contributed by atoms with E-state index in [-0.39, 0.29) is 12.2 Å². The van der Waals surface area contributed by atoms with Gasteiger partial charge in [0.2, 0.25) is 0 Å². The third-order valence-electron chi connectivity index (χ3n) is 12.3. The van der Waals surface area contributed by atoms with Crippen LogP contribution in [0.15, 0.2) is 225 Å². The lowest BCUT2D eigenvalue weighted by Crippen LogP contribution is -2.38. The second-order valence-corrected chi connectivity index (χ2v) is 16.4. The van der Waals surface area contributed by atoms with Gasteiger partial charge in [0, 0.05) is 63.7 Å². The standard InChI is InChI=1S/C59H39N5O2/c1-3-13-39(14-4-1)57-62-58(40-15-5-2-6-16-40)64-59(63-57)41-25-23-38(24-26-41)47-27-29-51(50-20-8-7-19-49(47)50)52-30-28-48(55-56(52)66-54-22-10-9-21-53(54)65-55)46-34-44(42-17-11-31-60-36-42)33-45(35-46)43-18-12-32-61-37-43/h1-37,53-54H. The van der Waals surface area contributed by atoms with E-state index >= 15 is 0 Å². The van der Waals surface area contributed by atoms with Crippen molar-refractivity contribution in [1.29, 1.82) is 0 Å². The molecular formula is C59H39N5O2. The molecule has 0 radical (unpaired) electrons. The summed E-state index contributed by atoms with van der Waals surface area (Å²) in [5, 5.41) is 2.23. The summed E-state index contributed by atoms with van der Waals surface area (Å²) < 4.78 is 14.0. The summed E-state index contributed by atoms with van der Waals surface area (Å²) in [4.78, 5) is 23.7. The van der Waals surface area contributed by atoms with Crippen LogP contribution in [0.25, 0.3) is 101 Å². The van der Waals surface area contributed by atoms with Gasteiger partial charge in [-0.3, -0.25) is 9.97 Å². The maximum atomic E-state index is 7.01. The number of ether oxygens (including phenoxy) is 2. The molecule has 0 N–H and O–H groups in total. The summed E-state index contributed by atoms with van der Waals surface area (Å²) in [5.41, 5.74) is 13.1. The van der Waals surface area contributed by atoms with Gasteiger partial charge in [-0.25, -0.2) is 15.0 Å². The summed E-state index contributed by atoms with van der Waals surface area (Å²) in [6, 6.07) is 60.7. The molecular weight excluding hydrogens is 811 g/mol. The predicted molar refractivity (Wildman–Crippen MR) is 264 cm³/mol. The molecule has 2 atom stereocenters. The van der Waals surface area contributed by atoms with Crippen LogP contribution in [0.2, 0.25) is 0 Å². The average Bonchev–Trinajstić information content (AvgIpc) is 3.40. The van der Waals surface area contributed by atoms with Gasteiger partial charge < -0.3 is 9.47 Å². The zero-order valence-corrected chi connectivity index (χ0v) is 35.6. The smallest absolute Gasteiger partial charge is 0.170 e. The minimum Gasteiger partial charge on any atom is -0.478 e. The lowest BCUT2D eigenvalue weighted by Gasteiger charge is -2.34. The molecule has 312 valence electrons. The van der Waals surface area contributed by atoms with Gasteiger partial charge in [-0.05, 0) is 98.8 Å². The minimum absolute atomic E-state index is 0.273. The lowest BCUT2D eigenvalue weighted by atomic mass is 9.89. The van der Waals surface area contributed by atoms with Gasteiger partial charge >= 0.3 is 0 Å². The van der Waals surface area contributed by atoms with E-state index in [0.29, 0.717) is 29.0 Å². The Morgan fingerprint density at radius 2 is 0.742 bits per heavy atom. The van der Waals surface area contributed by atoms with Crippen LogP contribution in [-0.4, -0.2) is 37.1 Å². The Morgan fingerprint density at radius 3 is 1.29 bits per heavy atom. The maximum absolute atomic E-state index is 7.01. The molecule has 10 aromatic rings. The Balaban J connectivity index is 0.958. The van der Waals surface area contributed by atoms with Gasteiger partial charge in [-0.15, -0.1) is 0 Å². The summed E-state index contributed by atoms with van der Waals surface area (Å²) in [6.45, 7) is 0. The molecule has 7 aromatic carbocycles. The largest absolute Gasteiger partial charge is 0.478 e. The average molecular weight is 850 g/mol. The predicted octanol–water partition coefficient (Wildman–Crippen LogP) is 13.8. The van der Waals surface area contributed by atoms with Gasteiger partial charge in [-0.2, -0.15) is 0 Å². The van der Waals surface area contributed by atoms with Gasteiger partial charge in [0.25, 0.3) is 0 Å². The van der Waals surface area contributed by atoms with Crippen LogP contribution >= 0.6 is 0 Å². The Morgan fingerprint density at radius 1 is 0.318 bits per heavy atom. The normalized spacial score (nSPS) is 14.8. The molecule has 0 saturated carbocycles. The molecule has 12 rings (SSSR count). The Kier molecular flexibility index (Phi) is 9.83. The molecule has 0 fully saturated rings. The SMILES string of the molecule is C1=CC2Oc3c(-c4cc(-c5cccnc5)cc(-c5cccnc5)c4)ccc(-c4ccc(-c5ccc(-c6nc(-c7ccccc7)nc(-c7ccccc7)n6)cc5)c5ccccc45)c3OC2C=C1. The zero-order valence-electron chi connectivity index (χ0n) is 35.6. The quantitative estimate of drug-likeness (QED) is 0.151. The van der Waals surface area contributed by atoms with E-state index in [0.717, 1.165) is 83.1 Å². The third-order valence-corrected chi connectivity index (χ3v) is 12.3. The first-order valence-electron chi connectivity index (χ1n) is 22.0. The molecule has 1 aliphatic heterocycles. The van der Waals surface area contributed by atoms with Gasteiger partial charge in [0.05, 0.1) is 0 Å². The summed E-state index contributed by atoms with van der Waals surface area (Å²) in [5.74, 6) is 3.31. The number of hydrogen-bond acceptors (Lipinski definition) is 7. The Hall–Kier alpha value is -8.81. The molecule has 2 unspecified atom stereocenters. The number of benzene rings is 7. The molecule has 3 aromatic heterocycles. The van der Waals surface area contributed by atoms with Crippen molar-refractivity contribution in [2.45, 2.75) is 12.2 Å². The van der Waals surface area contributed by atoms with Crippen molar-refractivity contribution >= 4 is 10.8 Å². The molecule has 4 heterocycles. The fourth-order valence-corrected chi connectivity index (χ4v) is 8.99. The summed E-state index contributed by atoms with van der Waals surface area (Å²) >= 11 is 0. The van der Waals surface area contributed by atoms with Crippen LogP contribution in [0.4, 0.5) is 0 Å². The van der Waals surface area contributed by atoms with Crippen LogP contribution in [0.3, 0.4) is 0 Å². The molecule has 66 heavy (non-hydrogen) atoms. The molecule has 0 bridgehead atoms. The molecule has 0 saturated heterocycles. The van der Waals surface area contributed by atoms with Crippen molar-refractivity contribution in [3.63, 3.8) is 0 Å². The number of hydrogen-bond donors (Lipinski definition) is 0. The van der Waals surface area contributed by atoms with Crippen LogP contribution in [-0.2, 0) is 0 Å². The van der Waals surface area contributed by atoms with Crippen LogP contribution < -0.4 is 9.47 Å². The highest BCUT2D eigenvalue weighted by molar-refractivity contribution is 6.06. The fourth-order valence-electron chi connectivity index (χ4n) is 8.99. The number of rotatable bonds is 8. The highest BCUT2D eigenvalue weighted by Gasteiger charge is 2.34. The van der Waals surface area contributed by atoms with Gasteiger partial charge in [0.1, 0.15) is 0 Å². The summed E-state index contributed by atoms with van der Waals surface area (Å²) in [7, 11) is 0. The van der Waals surface area contributed by atoms with Gasteiger partial charge in [-0.1, -0.05) is 146 Å². The first-order chi connectivity index (χ1) is 32.7. The van der Waals surface area contributed by atoms with Crippen molar-refractivity contribution in [3.8, 4) is 101 Å². The van der Waals surface area contributed by atoms with Crippen molar-refractivity contribution in [2.24, 2.45) is 0 Å². The van der Waals surface area contributed by atoms with Crippen LogP contribution in [0.1, 0.15) is 0 Å². The highest BCUT2D eigenvalue weighted by Crippen LogP contribution is 2.51. The third kappa shape index (κ3) is 7.28. The van der Waals surface area contributed by atoms with E-state index in [1.807, 2.05) is 97.3 Å². The Bertz CT molecular complexity index is 3350. The maximum Gasteiger partial charge on any atom is 0.170 e. The summed E-state index contributed by atoms with van der Waals surface area (Å²) in [6.07, 6.45) is 15.0. The first-order valence-corrected chi connectivity index (χ1v) is 22.0. The molecule has 7 heteroatoms. The number of allylic oxidation sites excluding steroid dienone is 2. The number of nitrogens with zero attached hydrogens (tertiary/aromatic N) is 5. The highest BCUT2D eigenvalue weighted by atomic mass is 16.6. The van der Waals surface area contributed by atoms with E-state index in [2.05, 4.69) is 125 Å². The lowest BCUT2D eigenvalue weighted by molar-refractivity contribution is 0.0769. The topological polar surface area (TPSA) is 82.9 Å². The van der Waals surface area contributed by atoms with Crippen molar-refractivity contribution in [3.05, 3.63) is 225 Å². The van der Waals surface area contributed by atoms with Crippen LogP contribution in [0.5, 0.6) is 11.5 Å². The second-order valence-electron chi connectivity index (χ2n) is 16.4. The van der Waals surface area contributed by atoms with E-state index in [9.17, 15) is 0 Å². The van der Waals surface area contributed by atoms with Crippen LogP contribution in [0, 0.1) is 0 Å². The Labute approximate surface area is 382 Å². The molecule has 2 aliphatic rings. The van der Waals surface area contributed by atoms with Crippen molar-refractivity contribution in [1.82, 2.24) is 24.9 Å². The van der Waals surface area contributed by atoms with E-state index in [4.69, 9.17) is 24.4 Å². The fraction of sp³-hybridized carbons (Fsp3) is 0.0339.